The van der Waals surface area contributed by atoms with Gasteiger partial charge in [-0.1, -0.05) is 27.2 Å². The largest absolute Gasteiger partial charge is 0.438 e. The lowest BCUT2D eigenvalue weighted by Crippen LogP contribution is -2.37. The molecule has 4 nitrogen and oxygen atoms in total. The van der Waals surface area contributed by atoms with Crippen molar-refractivity contribution in [1.29, 1.82) is 0 Å². The minimum absolute atomic E-state index is 0.0150. The number of carbonyl (C=O) groups excluding carboxylic acids is 1. The first-order valence-electron chi connectivity index (χ1n) is 11.9. The monoisotopic (exact) mass is 390 g/mol. The Kier molecular flexibility index (Phi) is 5.02. The summed E-state index contributed by atoms with van der Waals surface area (Å²) >= 11 is 0. The van der Waals surface area contributed by atoms with E-state index in [1.807, 2.05) is 0 Å². The van der Waals surface area contributed by atoms with Crippen LogP contribution in [0, 0.1) is 46.8 Å². The summed E-state index contributed by atoms with van der Waals surface area (Å²) in [6, 6.07) is 0. The molecule has 4 bridgehead atoms. The van der Waals surface area contributed by atoms with E-state index >= 15 is 0 Å². The molecule has 28 heavy (non-hydrogen) atoms. The molecule has 4 saturated carbocycles. The van der Waals surface area contributed by atoms with Crippen LogP contribution < -0.4 is 0 Å². The lowest BCUT2D eigenvalue weighted by Gasteiger charge is -2.34. The Morgan fingerprint density at radius 2 is 1.86 bits per heavy atom. The number of carbonyl (C=O) groups is 1. The quantitative estimate of drug-likeness (QED) is 0.356. The molecule has 5 rings (SSSR count). The molecule has 5 aliphatic rings. The van der Waals surface area contributed by atoms with Crippen LogP contribution in [-0.4, -0.2) is 31.6 Å². The van der Waals surface area contributed by atoms with E-state index in [1.54, 1.807) is 0 Å². The fraction of sp³-hybridized carbons (Fsp3) is 0.958. The average molecular weight is 391 g/mol. The summed E-state index contributed by atoms with van der Waals surface area (Å²) in [4.78, 5) is 12.8. The maximum Gasteiger partial charge on any atom is 0.311 e. The van der Waals surface area contributed by atoms with Crippen molar-refractivity contribution in [2.45, 2.75) is 84.3 Å². The van der Waals surface area contributed by atoms with E-state index in [0.717, 1.165) is 37.7 Å². The average Bonchev–Trinajstić information content (AvgIpc) is 3.48. The van der Waals surface area contributed by atoms with Crippen LogP contribution in [0.3, 0.4) is 0 Å². The molecule has 0 N–H and O–H groups in total. The molecule has 0 aromatic carbocycles. The number of esters is 1. The van der Waals surface area contributed by atoms with E-state index in [0.29, 0.717) is 41.3 Å². The predicted molar refractivity (Wildman–Crippen MR) is 106 cm³/mol. The molecule has 1 heterocycles. The van der Waals surface area contributed by atoms with E-state index in [1.165, 1.54) is 32.1 Å². The highest BCUT2D eigenvalue weighted by Gasteiger charge is 2.62. The highest BCUT2D eigenvalue weighted by molar-refractivity contribution is 5.73. The van der Waals surface area contributed by atoms with Crippen LogP contribution in [0.1, 0.15) is 72.1 Å². The third-order valence-electron chi connectivity index (χ3n) is 9.45. The predicted octanol–water partition coefficient (Wildman–Crippen LogP) is 4.81. The van der Waals surface area contributed by atoms with Crippen LogP contribution in [0.5, 0.6) is 0 Å². The highest BCUT2D eigenvalue weighted by Crippen LogP contribution is 2.62. The van der Waals surface area contributed by atoms with Crippen LogP contribution in [0.15, 0.2) is 0 Å². The van der Waals surface area contributed by atoms with E-state index < -0.39 is 0 Å². The van der Waals surface area contributed by atoms with Crippen molar-refractivity contribution < 1.29 is 19.0 Å². The maximum absolute atomic E-state index is 12.8. The van der Waals surface area contributed by atoms with Gasteiger partial charge in [-0.25, -0.2) is 0 Å². The van der Waals surface area contributed by atoms with E-state index in [-0.39, 0.29) is 18.7 Å². The van der Waals surface area contributed by atoms with Crippen LogP contribution in [-0.2, 0) is 19.0 Å². The first-order chi connectivity index (χ1) is 13.5. The van der Waals surface area contributed by atoms with Gasteiger partial charge >= 0.3 is 5.97 Å². The lowest BCUT2D eigenvalue weighted by molar-refractivity contribution is -0.167. The summed E-state index contributed by atoms with van der Waals surface area (Å²) in [6.07, 6.45) is 10.6. The zero-order chi connectivity index (χ0) is 19.5. The molecule has 0 amide bonds. The molecule has 10 atom stereocenters. The van der Waals surface area contributed by atoms with Crippen molar-refractivity contribution in [2.24, 2.45) is 46.8 Å². The summed E-state index contributed by atoms with van der Waals surface area (Å²) in [7, 11) is 0. The Hall–Kier alpha value is -0.610. The second kappa shape index (κ2) is 7.27. The fourth-order valence-electron chi connectivity index (χ4n) is 8.32. The number of fused-ring (bicyclic) bond motifs is 7. The normalized spacial score (nSPS) is 51.0. The van der Waals surface area contributed by atoms with Crippen molar-refractivity contribution in [3.05, 3.63) is 0 Å². The second-order valence-corrected chi connectivity index (χ2v) is 10.8. The van der Waals surface area contributed by atoms with Gasteiger partial charge in [0.05, 0.1) is 24.7 Å². The molecule has 1 aliphatic heterocycles. The van der Waals surface area contributed by atoms with E-state index in [4.69, 9.17) is 14.2 Å². The molecule has 0 aromatic rings. The SMILES string of the molecule is CCC1OC(CC)C2C3CC(CC3C(=O)OCOCC3(C)CC4CCC3C4)C12. The molecule has 0 spiro atoms. The maximum atomic E-state index is 12.8. The van der Waals surface area contributed by atoms with E-state index in [2.05, 4.69) is 20.8 Å². The number of ether oxygens (including phenoxy) is 3. The van der Waals surface area contributed by atoms with Crippen LogP contribution >= 0.6 is 0 Å². The van der Waals surface area contributed by atoms with Crippen molar-refractivity contribution in [3.8, 4) is 0 Å². The van der Waals surface area contributed by atoms with Crippen LogP contribution in [0.2, 0.25) is 0 Å². The van der Waals surface area contributed by atoms with Crippen molar-refractivity contribution in [3.63, 3.8) is 0 Å². The topological polar surface area (TPSA) is 44.8 Å². The van der Waals surface area contributed by atoms with Crippen LogP contribution in [0.4, 0.5) is 0 Å². The Labute approximate surface area is 170 Å². The van der Waals surface area contributed by atoms with Gasteiger partial charge in [0.2, 0.25) is 0 Å². The summed E-state index contributed by atoms with van der Waals surface area (Å²) in [5.41, 5.74) is 0.305. The highest BCUT2D eigenvalue weighted by atomic mass is 16.7. The number of hydrogen-bond donors (Lipinski definition) is 0. The second-order valence-electron chi connectivity index (χ2n) is 10.8. The summed E-state index contributed by atoms with van der Waals surface area (Å²) in [6.45, 7) is 7.71. The van der Waals surface area contributed by atoms with E-state index in [9.17, 15) is 4.79 Å². The van der Waals surface area contributed by atoms with Gasteiger partial charge in [-0.15, -0.1) is 0 Å². The molecule has 4 heteroatoms. The smallest absolute Gasteiger partial charge is 0.311 e. The first-order valence-corrected chi connectivity index (χ1v) is 11.9. The lowest BCUT2D eigenvalue weighted by atomic mass is 9.70. The first kappa shape index (κ1) is 19.4. The molecule has 4 aliphatic carbocycles. The third kappa shape index (κ3) is 2.96. The summed E-state index contributed by atoms with van der Waals surface area (Å²) in [5.74, 6) is 4.15. The van der Waals surface area contributed by atoms with Gasteiger partial charge in [0.25, 0.3) is 0 Å². The molecule has 0 aromatic heterocycles. The Balaban J connectivity index is 1.12. The Bertz CT molecular complexity index is 605. The number of rotatable bonds is 7. The van der Waals surface area contributed by atoms with Crippen molar-refractivity contribution in [2.75, 3.05) is 13.4 Å². The van der Waals surface area contributed by atoms with Crippen molar-refractivity contribution in [1.82, 2.24) is 0 Å². The molecule has 10 unspecified atom stereocenters. The van der Waals surface area contributed by atoms with Gasteiger partial charge in [0.1, 0.15) is 0 Å². The molecule has 1 saturated heterocycles. The third-order valence-corrected chi connectivity index (χ3v) is 9.45. The van der Waals surface area contributed by atoms with Crippen LogP contribution in [0.25, 0.3) is 0 Å². The zero-order valence-electron chi connectivity index (χ0n) is 17.9. The Morgan fingerprint density at radius 3 is 2.54 bits per heavy atom. The standard InChI is InChI=1S/C24H38O4/c1-4-19-21-15-9-17(22(21)20(5-2)28-19)18(10-15)23(25)27-13-26-12-24(3)11-14-6-7-16(24)8-14/h14-22H,4-13H2,1-3H3. The van der Waals surface area contributed by atoms with Gasteiger partial charge in [-0.3, -0.25) is 4.79 Å². The summed E-state index contributed by atoms with van der Waals surface area (Å²) < 4.78 is 17.9. The van der Waals surface area contributed by atoms with Crippen molar-refractivity contribution >= 4 is 5.97 Å². The molecular weight excluding hydrogens is 352 g/mol. The Morgan fingerprint density at radius 1 is 1.07 bits per heavy atom. The van der Waals surface area contributed by atoms with Gasteiger partial charge in [0, 0.05) is 0 Å². The molecule has 5 fully saturated rings. The molecule has 0 radical (unpaired) electrons. The molecular formula is C24H38O4. The van der Waals surface area contributed by atoms with Gasteiger partial charge in [0.15, 0.2) is 6.79 Å². The summed E-state index contributed by atoms with van der Waals surface area (Å²) in [5, 5.41) is 0. The number of hydrogen-bond acceptors (Lipinski definition) is 4. The van der Waals surface area contributed by atoms with Gasteiger partial charge in [-0.05, 0) is 85.9 Å². The fourth-order valence-corrected chi connectivity index (χ4v) is 8.32. The zero-order valence-corrected chi connectivity index (χ0v) is 17.9. The molecule has 158 valence electrons. The minimum Gasteiger partial charge on any atom is -0.438 e. The minimum atomic E-state index is -0.0150. The van der Waals surface area contributed by atoms with Gasteiger partial charge < -0.3 is 14.2 Å². The van der Waals surface area contributed by atoms with Gasteiger partial charge in [-0.2, -0.15) is 0 Å².